The highest BCUT2D eigenvalue weighted by Gasteiger charge is 2.34. The van der Waals surface area contributed by atoms with Gasteiger partial charge >= 0.3 is 0 Å². The highest BCUT2D eigenvalue weighted by Crippen LogP contribution is 2.22. The minimum Gasteiger partial charge on any atom is -0.292 e. The fourth-order valence-corrected chi connectivity index (χ4v) is 5.65. The standard InChI is InChI=1S/C15H20N2O4S2/c18-14-3-4-15(19)17(14)7-6-16(10-13-2-1-8-22-13)12-5-9-23(20,21)11-12/h1-2,8,12H,3-7,9-11H2. The molecule has 1 unspecified atom stereocenters. The van der Waals surface area contributed by atoms with Gasteiger partial charge in [-0.05, 0) is 17.9 Å². The minimum atomic E-state index is -2.96. The van der Waals surface area contributed by atoms with Gasteiger partial charge in [0.05, 0.1) is 11.5 Å². The second kappa shape index (κ2) is 6.70. The van der Waals surface area contributed by atoms with Crippen LogP contribution in [0.4, 0.5) is 0 Å². The molecule has 2 fully saturated rings. The first-order valence-electron chi connectivity index (χ1n) is 7.75. The Labute approximate surface area is 140 Å². The highest BCUT2D eigenvalue weighted by atomic mass is 32.2. The van der Waals surface area contributed by atoms with Crippen LogP contribution < -0.4 is 0 Å². The van der Waals surface area contributed by atoms with Gasteiger partial charge in [0.1, 0.15) is 0 Å². The number of amides is 2. The third-order valence-corrected chi connectivity index (χ3v) is 7.04. The number of rotatable bonds is 6. The summed E-state index contributed by atoms with van der Waals surface area (Å²) in [5.74, 6) is 0.149. The Kier molecular flexibility index (Phi) is 4.84. The lowest BCUT2D eigenvalue weighted by Gasteiger charge is -2.29. The number of hydrogen-bond donors (Lipinski definition) is 0. The molecule has 0 bridgehead atoms. The second-order valence-electron chi connectivity index (χ2n) is 6.05. The van der Waals surface area contributed by atoms with Gasteiger partial charge in [0, 0.05) is 43.4 Å². The largest absolute Gasteiger partial charge is 0.292 e. The number of hydrogen-bond acceptors (Lipinski definition) is 6. The summed E-state index contributed by atoms with van der Waals surface area (Å²) in [6.45, 7) is 1.53. The van der Waals surface area contributed by atoms with Crippen molar-refractivity contribution in [2.24, 2.45) is 0 Å². The smallest absolute Gasteiger partial charge is 0.229 e. The molecule has 8 heteroatoms. The molecule has 0 N–H and O–H groups in total. The molecule has 0 radical (unpaired) electrons. The average Bonchev–Trinajstić information content (AvgIpc) is 3.19. The summed E-state index contributed by atoms with van der Waals surface area (Å²) in [5, 5.41) is 1.99. The maximum atomic E-state index is 11.8. The van der Waals surface area contributed by atoms with E-state index in [1.807, 2.05) is 17.5 Å². The van der Waals surface area contributed by atoms with Crippen molar-refractivity contribution in [1.82, 2.24) is 9.80 Å². The number of carbonyl (C=O) groups excluding carboxylic acids is 2. The van der Waals surface area contributed by atoms with Crippen molar-refractivity contribution in [2.75, 3.05) is 24.6 Å². The second-order valence-corrected chi connectivity index (χ2v) is 9.31. The van der Waals surface area contributed by atoms with Crippen LogP contribution in [0.3, 0.4) is 0 Å². The molecule has 23 heavy (non-hydrogen) atoms. The van der Waals surface area contributed by atoms with Crippen LogP contribution in [0.15, 0.2) is 17.5 Å². The highest BCUT2D eigenvalue weighted by molar-refractivity contribution is 7.91. The first kappa shape index (κ1) is 16.6. The van der Waals surface area contributed by atoms with Gasteiger partial charge in [0.2, 0.25) is 11.8 Å². The van der Waals surface area contributed by atoms with E-state index in [2.05, 4.69) is 4.90 Å². The summed E-state index contributed by atoms with van der Waals surface area (Å²) in [6, 6.07) is 3.96. The number of sulfone groups is 1. The molecule has 0 aliphatic carbocycles. The van der Waals surface area contributed by atoms with E-state index in [0.29, 0.717) is 38.9 Å². The van der Waals surface area contributed by atoms with E-state index in [4.69, 9.17) is 0 Å². The van der Waals surface area contributed by atoms with Crippen molar-refractivity contribution in [3.63, 3.8) is 0 Å². The maximum absolute atomic E-state index is 11.8. The molecule has 2 aliphatic rings. The van der Waals surface area contributed by atoms with Gasteiger partial charge in [-0.25, -0.2) is 8.42 Å². The van der Waals surface area contributed by atoms with Crippen LogP contribution in [-0.4, -0.2) is 60.7 Å². The first-order chi connectivity index (χ1) is 10.9. The van der Waals surface area contributed by atoms with Gasteiger partial charge in [0.25, 0.3) is 0 Å². The summed E-state index contributed by atoms with van der Waals surface area (Å²) in [6.07, 6.45) is 1.21. The fraction of sp³-hybridized carbons (Fsp3) is 0.600. The van der Waals surface area contributed by atoms with E-state index in [9.17, 15) is 18.0 Å². The zero-order chi connectivity index (χ0) is 16.4. The van der Waals surface area contributed by atoms with Crippen molar-refractivity contribution >= 4 is 33.0 Å². The number of nitrogens with zero attached hydrogens (tertiary/aromatic N) is 2. The molecule has 2 amide bonds. The lowest BCUT2D eigenvalue weighted by Crippen LogP contribution is -2.42. The van der Waals surface area contributed by atoms with Crippen molar-refractivity contribution in [2.45, 2.75) is 31.8 Å². The molecule has 126 valence electrons. The molecule has 1 aromatic heterocycles. The Hall–Kier alpha value is -1.25. The molecule has 2 aliphatic heterocycles. The average molecular weight is 356 g/mol. The SMILES string of the molecule is O=C1CCC(=O)N1CCN(Cc1cccs1)C1CCS(=O)(=O)C1. The van der Waals surface area contributed by atoms with Gasteiger partial charge < -0.3 is 0 Å². The summed E-state index contributed by atoms with van der Waals surface area (Å²) >= 11 is 1.63. The molecule has 1 aromatic rings. The predicted octanol–water partition coefficient (Wildman–Crippen LogP) is 0.886. The molecule has 0 spiro atoms. The molecule has 1 atom stereocenters. The van der Waals surface area contributed by atoms with E-state index in [1.54, 1.807) is 11.3 Å². The third-order valence-electron chi connectivity index (χ3n) is 4.43. The molecule has 0 saturated carbocycles. The maximum Gasteiger partial charge on any atom is 0.229 e. The molecular formula is C15H20N2O4S2. The summed E-state index contributed by atoms with van der Waals surface area (Å²) < 4.78 is 23.5. The summed E-state index contributed by atoms with van der Waals surface area (Å²) in [7, 11) is -2.96. The van der Waals surface area contributed by atoms with Crippen molar-refractivity contribution in [3.05, 3.63) is 22.4 Å². The molecule has 0 aromatic carbocycles. The van der Waals surface area contributed by atoms with Gasteiger partial charge in [-0.1, -0.05) is 6.07 Å². The molecule has 6 nitrogen and oxygen atoms in total. The van der Waals surface area contributed by atoms with Crippen molar-refractivity contribution in [1.29, 1.82) is 0 Å². The molecular weight excluding hydrogens is 336 g/mol. The number of imide groups is 1. The normalized spacial score (nSPS) is 24.0. The Morgan fingerprint density at radius 3 is 2.57 bits per heavy atom. The van der Waals surface area contributed by atoms with Crippen LogP contribution in [0.2, 0.25) is 0 Å². The lowest BCUT2D eigenvalue weighted by molar-refractivity contribution is -0.138. The van der Waals surface area contributed by atoms with Gasteiger partial charge in [-0.3, -0.25) is 19.4 Å². The van der Waals surface area contributed by atoms with Crippen molar-refractivity contribution < 1.29 is 18.0 Å². The minimum absolute atomic E-state index is 0.0325. The van der Waals surface area contributed by atoms with Gasteiger partial charge in [-0.2, -0.15) is 0 Å². The van der Waals surface area contributed by atoms with Crippen molar-refractivity contribution in [3.8, 4) is 0 Å². The van der Waals surface area contributed by atoms with E-state index >= 15 is 0 Å². The van der Waals surface area contributed by atoms with Crippen LogP contribution >= 0.6 is 11.3 Å². The third kappa shape index (κ3) is 3.99. The monoisotopic (exact) mass is 356 g/mol. The molecule has 2 saturated heterocycles. The Balaban J connectivity index is 1.67. The Bertz CT molecular complexity index is 668. The predicted molar refractivity (Wildman–Crippen MR) is 87.7 cm³/mol. The van der Waals surface area contributed by atoms with Crippen LogP contribution in [0.25, 0.3) is 0 Å². The first-order valence-corrected chi connectivity index (χ1v) is 10.4. The summed E-state index contributed by atoms with van der Waals surface area (Å²) in [4.78, 5) is 28.0. The topological polar surface area (TPSA) is 74.8 Å². The van der Waals surface area contributed by atoms with E-state index < -0.39 is 9.84 Å². The van der Waals surface area contributed by atoms with E-state index in [-0.39, 0.29) is 29.4 Å². The van der Waals surface area contributed by atoms with Crippen LogP contribution in [-0.2, 0) is 26.0 Å². The molecule has 3 heterocycles. The van der Waals surface area contributed by atoms with Gasteiger partial charge in [-0.15, -0.1) is 11.3 Å². The number of likely N-dealkylation sites (tertiary alicyclic amines) is 1. The Morgan fingerprint density at radius 2 is 2.00 bits per heavy atom. The fourth-order valence-electron chi connectivity index (χ4n) is 3.16. The Morgan fingerprint density at radius 1 is 1.26 bits per heavy atom. The molecule has 3 rings (SSSR count). The van der Waals surface area contributed by atoms with Gasteiger partial charge in [0.15, 0.2) is 9.84 Å². The lowest BCUT2D eigenvalue weighted by atomic mass is 10.2. The van der Waals surface area contributed by atoms with Crippen LogP contribution in [0, 0.1) is 0 Å². The quantitative estimate of drug-likeness (QED) is 0.708. The van der Waals surface area contributed by atoms with Crippen LogP contribution in [0.1, 0.15) is 24.1 Å². The zero-order valence-corrected chi connectivity index (χ0v) is 14.4. The zero-order valence-electron chi connectivity index (χ0n) is 12.8. The van der Waals surface area contributed by atoms with Crippen LogP contribution in [0.5, 0.6) is 0 Å². The van der Waals surface area contributed by atoms with E-state index in [1.165, 1.54) is 4.90 Å². The summed E-state index contributed by atoms with van der Waals surface area (Å²) in [5.41, 5.74) is 0. The van der Waals surface area contributed by atoms with E-state index in [0.717, 1.165) is 4.88 Å². The number of thiophene rings is 1. The number of carbonyl (C=O) groups is 2.